The minimum Gasteiger partial charge on any atom is -0.294 e. The van der Waals surface area contributed by atoms with Crippen molar-refractivity contribution < 1.29 is 0 Å². The molecular weight excluding hydrogens is 637 g/mol. The molecule has 11 rings (SSSR count). The maximum atomic E-state index is 4.89. The SMILES string of the molecule is Cc1nc2cccc3c2n1-c1ccc(-c2ccc4c(-c5cccc6ccccc56)c5ccccc5c(-c5cccc6ccccc56)c4c2)cc1S3. The minimum absolute atomic E-state index is 1.02. The number of hydrogen-bond acceptors (Lipinski definition) is 2. The van der Waals surface area contributed by atoms with Gasteiger partial charge in [0.05, 0.1) is 16.7 Å². The van der Waals surface area contributed by atoms with E-state index < -0.39 is 0 Å². The summed E-state index contributed by atoms with van der Waals surface area (Å²) < 4.78 is 2.32. The summed E-state index contributed by atoms with van der Waals surface area (Å²) in [6, 6.07) is 60.5. The monoisotopic (exact) mass is 666 g/mol. The lowest BCUT2D eigenvalue weighted by molar-refractivity contribution is 0.963. The van der Waals surface area contributed by atoms with Crippen LogP contribution in [0.2, 0.25) is 0 Å². The molecule has 0 atom stereocenters. The average Bonchev–Trinajstić information content (AvgIpc) is 3.53. The Morgan fingerprint density at radius 2 is 1.00 bits per heavy atom. The fourth-order valence-electron chi connectivity index (χ4n) is 8.49. The predicted octanol–water partition coefficient (Wildman–Crippen LogP) is 13.4. The van der Waals surface area contributed by atoms with E-state index in [0.29, 0.717) is 0 Å². The summed E-state index contributed by atoms with van der Waals surface area (Å²) in [5, 5.41) is 10.1. The summed E-state index contributed by atoms with van der Waals surface area (Å²) in [4.78, 5) is 7.38. The normalized spacial score (nSPS) is 12.3. The summed E-state index contributed by atoms with van der Waals surface area (Å²) in [6.45, 7) is 2.10. The van der Waals surface area contributed by atoms with Crippen molar-refractivity contribution in [2.75, 3.05) is 0 Å². The fourth-order valence-corrected chi connectivity index (χ4v) is 9.62. The molecule has 0 saturated carbocycles. The largest absolute Gasteiger partial charge is 0.294 e. The van der Waals surface area contributed by atoms with Crippen LogP contribution in [0.1, 0.15) is 5.82 Å². The van der Waals surface area contributed by atoms with Gasteiger partial charge in [-0.25, -0.2) is 4.98 Å². The highest BCUT2D eigenvalue weighted by molar-refractivity contribution is 7.99. The van der Waals surface area contributed by atoms with Gasteiger partial charge in [-0.2, -0.15) is 0 Å². The number of para-hydroxylation sites is 1. The Bertz CT molecular complexity index is 3070. The zero-order chi connectivity index (χ0) is 33.6. The highest BCUT2D eigenvalue weighted by atomic mass is 32.2. The summed E-state index contributed by atoms with van der Waals surface area (Å²) >= 11 is 1.84. The first-order valence-corrected chi connectivity index (χ1v) is 18.3. The Labute approximate surface area is 299 Å². The van der Waals surface area contributed by atoms with Gasteiger partial charge in [-0.05, 0) is 114 Å². The third-order valence-corrected chi connectivity index (χ3v) is 11.8. The number of imidazole rings is 1. The second-order valence-corrected chi connectivity index (χ2v) is 14.6. The lowest BCUT2D eigenvalue weighted by Crippen LogP contribution is -2.03. The molecule has 0 saturated heterocycles. The van der Waals surface area contributed by atoms with Crippen LogP contribution in [0.5, 0.6) is 0 Å². The quantitative estimate of drug-likeness (QED) is 0.175. The Morgan fingerprint density at radius 1 is 0.451 bits per heavy atom. The van der Waals surface area contributed by atoms with E-state index in [9.17, 15) is 0 Å². The van der Waals surface area contributed by atoms with Crippen LogP contribution in [-0.2, 0) is 0 Å². The van der Waals surface area contributed by atoms with Gasteiger partial charge in [0, 0.05) is 9.79 Å². The van der Waals surface area contributed by atoms with Crippen molar-refractivity contribution in [1.82, 2.24) is 9.55 Å². The van der Waals surface area contributed by atoms with Crippen LogP contribution in [0.25, 0.3) is 93.2 Å². The molecule has 0 bridgehead atoms. The number of benzene rings is 9. The van der Waals surface area contributed by atoms with Crippen molar-refractivity contribution in [2.45, 2.75) is 16.7 Å². The van der Waals surface area contributed by atoms with E-state index in [1.54, 1.807) is 0 Å². The van der Waals surface area contributed by atoms with Crippen LogP contribution in [0.15, 0.2) is 174 Å². The van der Waals surface area contributed by atoms with E-state index in [1.165, 1.54) is 97.5 Å². The topological polar surface area (TPSA) is 17.8 Å². The maximum absolute atomic E-state index is 4.89. The number of fused-ring (bicyclic) bond motifs is 6. The highest BCUT2D eigenvalue weighted by Crippen LogP contribution is 2.49. The predicted molar refractivity (Wildman–Crippen MR) is 216 cm³/mol. The number of rotatable bonds is 3. The van der Waals surface area contributed by atoms with Crippen molar-refractivity contribution >= 4 is 65.9 Å². The van der Waals surface area contributed by atoms with Crippen molar-refractivity contribution in [1.29, 1.82) is 0 Å². The zero-order valence-electron chi connectivity index (χ0n) is 27.9. The summed E-state index contributed by atoms with van der Waals surface area (Å²) in [7, 11) is 0. The van der Waals surface area contributed by atoms with E-state index in [-0.39, 0.29) is 0 Å². The van der Waals surface area contributed by atoms with Crippen LogP contribution in [0.3, 0.4) is 0 Å². The van der Waals surface area contributed by atoms with Gasteiger partial charge in [-0.15, -0.1) is 0 Å². The standard InChI is InChI=1S/C48H30N2S/c1-29-49-42-21-10-22-44-48(42)50(29)43-26-24-33(28-45(43)51-44)32-23-25-40-41(27-32)47(37-20-9-14-31-12-3-5-16-35(31)37)39-18-7-6-17-38(39)46(40)36-19-8-13-30-11-2-4-15-34(30)36/h2-28H,1H3. The Balaban J connectivity index is 1.22. The molecule has 2 heterocycles. The molecule has 51 heavy (non-hydrogen) atoms. The third-order valence-electron chi connectivity index (χ3n) is 10.7. The summed E-state index contributed by atoms with van der Waals surface area (Å²) in [5.74, 6) is 1.02. The fraction of sp³-hybridized carbons (Fsp3) is 0.0208. The number of aromatic nitrogens is 2. The molecule has 0 aliphatic carbocycles. The smallest absolute Gasteiger partial charge is 0.111 e. The second kappa shape index (κ2) is 10.9. The summed E-state index contributed by atoms with van der Waals surface area (Å²) in [5.41, 5.74) is 11.0. The lowest BCUT2D eigenvalue weighted by atomic mass is 9.83. The number of aryl methyl sites for hydroxylation is 1. The van der Waals surface area contributed by atoms with Gasteiger partial charge in [0.2, 0.25) is 0 Å². The molecule has 0 radical (unpaired) electrons. The van der Waals surface area contributed by atoms with Crippen LogP contribution in [-0.4, -0.2) is 9.55 Å². The van der Waals surface area contributed by atoms with Crippen molar-refractivity contribution in [3.63, 3.8) is 0 Å². The van der Waals surface area contributed by atoms with Gasteiger partial charge in [0.1, 0.15) is 5.82 Å². The third kappa shape index (κ3) is 4.22. The average molecular weight is 667 g/mol. The van der Waals surface area contributed by atoms with E-state index in [2.05, 4.69) is 175 Å². The van der Waals surface area contributed by atoms with Gasteiger partial charge >= 0.3 is 0 Å². The summed E-state index contributed by atoms with van der Waals surface area (Å²) in [6.07, 6.45) is 0. The van der Waals surface area contributed by atoms with Crippen LogP contribution >= 0.6 is 11.8 Å². The van der Waals surface area contributed by atoms with E-state index in [1.807, 2.05) is 11.8 Å². The second-order valence-electron chi connectivity index (χ2n) is 13.5. The molecule has 0 amide bonds. The van der Waals surface area contributed by atoms with Gasteiger partial charge in [-0.3, -0.25) is 4.57 Å². The molecule has 0 spiro atoms. The Kier molecular flexibility index (Phi) is 6.14. The van der Waals surface area contributed by atoms with E-state index >= 15 is 0 Å². The van der Waals surface area contributed by atoms with Crippen LogP contribution in [0, 0.1) is 6.92 Å². The first kappa shape index (κ1) is 28.7. The first-order valence-electron chi connectivity index (χ1n) is 17.5. The van der Waals surface area contributed by atoms with E-state index in [0.717, 1.165) is 11.3 Å². The highest BCUT2D eigenvalue weighted by Gasteiger charge is 2.23. The molecule has 2 nitrogen and oxygen atoms in total. The van der Waals surface area contributed by atoms with E-state index in [4.69, 9.17) is 4.98 Å². The number of nitrogens with zero attached hydrogens (tertiary/aromatic N) is 2. The van der Waals surface area contributed by atoms with Crippen molar-refractivity contribution in [3.05, 3.63) is 170 Å². The Morgan fingerprint density at radius 3 is 1.71 bits per heavy atom. The molecule has 1 aliphatic heterocycles. The molecule has 0 unspecified atom stereocenters. The lowest BCUT2D eigenvalue weighted by Gasteiger charge is -2.22. The van der Waals surface area contributed by atoms with Gasteiger partial charge in [0.15, 0.2) is 0 Å². The van der Waals surface area contributed by atoms with Gasteiger partial charge in [-0.1, -0.05) is 145 Å². The van der Waals surface area contributed by atoms with Gasteiger partial charge in [0.25, 0.3) is 0 Å². The molecule has 238 valence electrons. The van der Waals surface area contributed by atoms with Gasteiger partial charge < -0.3 is 0 Å². The molecule has 10 aromatic rings. The van der Waals surface area contributed by atoms with Crippen molar-refractivity contribution in [3.8, 4) is 39.1 Å². The molecule has 3 heteroatoms. The zero-order valence-corrected chi connectivity index (χ0v) is 28.7. The molecule has 1 aromatic heterocycles. The molecular formula is C48H30N2S. The Hall–Kier alpha value is -6.16. The number of hydrogen-bond donors (Lipinski definition) is 0. The molecule has 0 fully saturated rings. The van der Waals surface area contributed by atoms with Crippen LogP contribution < -0.4 is 0 Å². The van der Waals surface area contributed by atoms with Crippen LogP contribution in [0.4, 0.5) is 0 Å². The van der Waals surface area contributed by atoms with Crippen molar-refractivity contribution in [2.24, 2.45) is 0 Å². The first-order chi connectivity index (χ1) is 25.2. The maximum Gasteiger partial charge on any atom is 0.111 e. The minimum atomic E-state index is 1.02. The molecule has 9 aromatic carbocycles. The molecule has 0 N–H and O–H groups in total. The molecule has 1 aliphatic rings.